The molecule has 0 aromatic heterocycles. The van der Waals surface area contributed by atoms with Crippen LogP contribution >= 0.6 is 24.6 Å². The molecule has 3 nitrogen and oxygen atoms in total. The Bertz CT molecular complexity index is 302. The first-order chi connectivity index (χ1) is 7.31. The van der Waals surface area contributed by atoms with Crippen LogP contribution in [0.4, 0.5) is 0 Å². The van der Waals surface area contributed by atoms with Crippen LogP contribution in [0.2, 0.25) is 0 Å². The van der Waals surface area contributed by atoms with E-state index >= 15 is 0 Å². The molecule has 1 atom stereocenters. The number of thiol groups is 1. The summed E-state index contributed by atoms with van der Waals surface area (Å²) in [5.41, 5.74) is 0.730. The average molecular weight is 241 g/mol. The third kappa shape index (κ3) is 2.63. The summed E-state index contributed by atoms with van der Waals surface area (Å²) >= 11 is 5.79. The summed E-state index contributed by atoms with van der Waals surface area (Å²) in [4.78, 5) is 0. The Morgan fingerprint density at radius 3 is 2.80 bits per heavy atom. The zero-order valence-electron chi connectivity index (χ0n) is 8.49. The maximum atomic E-state index is 8.99. The van der Waals surface area contributed by atoms with Gasteiger partial charge in [-0.2, -0.15) is 17.9 Å². The molecular weight excluding hydrogens is 226 g/mol. The van der Waals surface area contributed by atoms with E-state index in [2.05, 4.69) is 28.7 Å². The number of rotatable bonds is 2. The van der Waals surface area contributed by atoms with Crippen molar-refractivity contribution >= 4 is 24.6 Å². The highest BCUT2D eigenvalue weighted by Crippen LogP contribution is 2.29. The highest BCUT2D eigenvalue weighted by Gasteiger charge is 2.25. The predicted octanol–water partition coefficient (Wildman–Crippen LogP) is 2.15. The molecule has 0 radical (unpaired) electrons. The average Bonchev–Trinajstić information content (AvgIpc) is 2.61. The minimum atomic E-state index is -0.119. The third-order valence-electron chi connectivity index (χ3n) is 2.85. The van der Waals surface area contributed by atoms with E-state index in [9.17, 15) is 0 Å². The molecule has 2 N–H and O–H groups in total. The highest BCUT2D eigenvalue weighted by molar-refractivity contribution is 8.02. The second-order valence-electron chi connectivity index (χ2n) is 3.96. The van der Waals surface area contributed by atoms with E-state index in [0.29, 0.717) is 6.04 Å². The van der Waals surface area contributed by atoms with Crippen molar-refractivity contribution < 1.29 is 0 Å². The van der Waals surface area contributed by atoms with Crippen molar-refractivity contribution in [2.45, 2.75) is 43.5 Å². The van der Waals surface area contributed by atoms with Gasteiger partial charge >= 0.3 is 0 Å². The van der Waals surface area contributed by atoms with E-state index < -0.39 is 0 Å². The molecule has 82 valence electrons. The molecule has 1 aliphatic carbocycles. The summed E-state index contributed by atoms with van der Waals surface area (Å²) in [7, 11) is 0. The van der Waals surface area contributed by atoms with E-state index in [-0.39, 0.29) is 5.37 Å². The summed E-state index contributed by atoms with van der Waals surface area (Å²) in [5, 5.41) is 13.3. The summed E-state index contributed by atoms with van der Waals surface area (Å²) in [6, 6.07) is 2.76. The van der Waals surface area contributed by atoms with Crippen molar-refractivity contribution in [1.29, 1.82) is 5.26 Å². The minimum Gasteiger partial charge on any atom is -0.375 e. The molecule has 0 bridgehead atoms. The van der Waals surface area contributed by atoms with E-state index in [1.54, 1.807) is 0 Å². The molecule has 1 unspecified atom stereocenters. The second-order valence-corrected chi connectivity index (χ2v) is 5.32. The second kappa shape index (κ2) is 5.15. The molecule has 0 aromatic carbocycles. The van der Waals surface area contributed by atoms with Crippen LogP contribution in [-0.4, -0.2) is 11.4 Å². The number of hydrogen-bond donors (Lipinski definition) is 3. The molecule has 5 heteroatoms. The summed E-state index contributed by atoms with van der Waals surface area (Å²) < 4.78 is 3.08. The van der Waals surface area contributed by atoms with Crippen LogP contribution in [-0.2, 0) is 0 Å². The fourth-order valence-electron chi connectivity index (χ4n) is 2.00. The van der Waals surface area contributed by atoms with Gasteiger partial charge in [0.05, 0.1) is 10.9 Å². The van der Waals surface area contributed by atoms with Gasteiger partial charge in [0.1, 0.15) is 11.1 Å². The molecule has 1 aliphatic heterocycles. The molecule has 0 amide bonds. The summed E-state index contributed by atoms with van der Waals surface area (Å²) in [5.74, 6) is 0. The van der Waals surface area contributed by atoms with Crippen LogP contribution in [0, 0.1) is 11.3 Å². The van der Waals surface area contributed by atoms with Crippen molar-refractivity contribution in [2.24, 2.45) is 0 Å². The van der Waals surface area contributed by atoms with E-state index in [4.69, 9.17) is 5.26 Å². The number of nitriles is 1. The van der Waals surface area contributed by atoms with Crippen LogP contribution in [0.25, 0.3) is 0 Å². The zero-order chi connectivity index (χ0) is 10.7. The first-order valence-electron chi connectivity index (χ1n) is 5.32. The van der Waals surface area contributed by atoms with Gasteiger partial charge < -0.3 is 5.32 Å². The molecule has 0 saturated heterocycles. The van der Waals surface area contributed by atoms with E-state index in [1.165, 1.54) is 44.1 Å². The number of hydrogen-bond acceptors (Lipinski definition) is 5. The fraction of sp³-hybridized carbons (Fsp3) is 0.700. The number of nitrogens with one attached hydrogen (secondary N) is 2. The van der Waals surface area contributed by atoms with Gasteiger partial charge in [-0.25, -0.2) is 4.72 Å². The Hall–Kier alpha value is -0.310. The molecule has 1 heterocycles. The first-order valence-corrected chi connectivity index (χ1v) is 6.66. The largest absolute Gasteiger partial charge is 0.375 e. The fourth-order valence-corrected chi connectivity index (χ4v) is 3.28. The van der Waals surface area contributed by atoms with Crippen molar-refractivity contribution in [2.75, 3.05) is 0 Å². The molecule has 2 rings (SSSR count). The molecule has 0 aromatic rings. The predicted molar refractivity (Wildman–Crippen MR) is 66.1 cm³/mol. The maximum absolute atomic E-state index is 8.99. The quantitative estimate of drug-likeness (QED) is 0.512. The van der Waals surface area contributed by atoms with Crippen molar-refractivity contribution in [3.05, 3.63) is 10.6 Å². The molecule has 15 heavy (non-hydrogen) atoms. The smallest absolute Gasteiger partial charge is 0.100 e. The minimum absolute atomic E-state index is 0.119. The maximum Gasteiger partial charge on any atom is 0.100 e. The van der Waals surface area contributed by atoms with Gasteiger partial charge in [0.15, 0.2) is 0 Å². The van der Waals surface area contributed by atoms with Gasteiger partial charge in [-0.05, 0) is 24.8 Å². The molecular formula is C10H15N3S2. The zero-order valence-corrected chi connectivity index (χ0v) is 10.2. The lowest BCUT2D eigenvalue weighted by Gasteiger charge is -2.23. The van der Waals surface area contributed by atoms with Gasteiger partial charge in [0.25, 0.3) is 0 Å². The third-order valence-corrected chi connectivity index (χ3v) is 4.31. The van der Waals surface area contributed by atoms with Gasteiger partial charge in [0, 0.05) is 6.04 Å². The summed E-state index contributed by atoms with van der Waals surface area (Å²) in [6.45, 7) is 0. The monoisotopic (exact) mass is 241 g/mol. The van der Waals surface area contributed by atoms with Crippen molar-refractivity contribution in [1.82, 2.24) is 10.0 Å². The van der Waals surface area contributed by atoms with Gasteiger partial charge in [-0.3, -0.25) is 0 Å². The topological polar surface area (TPSA) is 47.9 Å². The highest BCUT2D eigenvalue weighted by atomic mass is 32.2. The van der Waals surface area contributed by atoms with Crippen LogP contribution in [0.1, 0.15) is 32.1 Å². The van der Waals surface area contributed by atoms with Gasteiger partial charge in [0.2, 0.25) is 0 Å². The molecule has 0 spiro atoms. The SMILES string of the molecule is N#CC1=C(NC2CCCCC2)SNC1S. The van der Waals surface area contributed by atoms with Crippen LogP contribution < -0.4 is 10.0 Å². The van der Waals surface area contributed by atoms with Gasteiger partial charge in [-0.15, -0.1) is 0 Å². The van der Waals surface area contributed by atoms with Crippen LogP contribution in [0.5, 0.6) is 0 Å². The molecule has 1 fully saturated rings. The Morgan fingerprint density at radius 2 is 2.13 bits per heavy atom. The Labute approximate surface area is 100 Å². The van der Waals surface area contributed by atoms with Crippen LogP contribution in [0.3, 0.4) is 0 Å². The normalized spacial score (nSPS) is 27.9. The van der Waals surface area contributed by atoms with Crippen molar-refractivity contribution in [3.63, 3.8) is 0 Å². The lowest BCUT2D eigenvalue weighted by Crippen LogP contribution is -2.29. The summed E-state index contributed by atoms with van der Waals surface area (Å²) in [6.07, 6.45) is 6.40. The van der Waals surface area contributed by atoms with Gasteiger partial charge in [-0.1, -0.05) is 19.3 Å². The standard InChI is InChI=1S/C10H15N3S2/c11-6-8-9(14)13-15-10(8)12-7-4-2-1-3-5-7/h7,9,12-14H,1-5H2. The Morgan fingerprint density at radius 1 is 1.40 bits per heavy atom. The Kier molecular flexibility index (Phi) is 3.84. The Balaban J connectivity index is 1.98. The van der Waals surface area contributed by atoms with Crippen molar-refractivity contribution in [3.8, 4) is 6.07 Å². The first kappa shape index (κ1) is 11.2. The lowest BCUT2D eigenvalue weighted by atomic mass is 9.96. The van der Waals surface area contributed by atoms with E-state index in [0.717, 1.165) is 10.6 Å². The molecule has 2 aliphatic rings. The van der Waals surface area contributed by atoms with E-state index in [1.807, 2.05) is 0 Å². The lowest BCUT2D eigenvalue weighted by molar-refractivity contribution is 0.402. The van der Waals surface area contributed by atoms with Crippen LogP contribution in [0.15, 0.2) is 10.6 Å². The molecule has 1 saturated carbocycles. The number of nitrogens with zero attached hydrogens (tertiary/aromatic N) is 1.